The van der Waals surface area contributed by atoms with Crippen LogP contribution < -0.4 is 15.1 Å². The van der Waals surface area contributed by atoms with Crippen molar-refractivity contribution in [1.82, 2.24) is 0 Å². The molecule has 0 saturated heterocycles. The van der Waals surface area contributed by atoms with Crippen molar-refractivity contribution in [3.05, 3.63) is 28.6 Å². The summed E-state index contributed by atoms with van der Waals surface area (Å²) in [5.41, 5.74) is -0.593. The highest BCUT2D eigenvalue weighted by atomic mass is 16.5. The topological polar surface area (TPSA) is 109 Å². The highest BCUT2D eigenvalue weighted by molar-refractivity contribution is 5.86. The summed E-state index contributed by atoms with van der Waals surface area (Å²) < 4.78 is 16.1. The minimum Gasteiger partial charge on any atom is -0.504 e. The zero-order valence-electron chi connectivity index (χ0n) is 17.1. The number of unbranched alkanes of at least 4 members (excludes halogenated alkanes) is 7. The van der Waals surface area contributed by atoms with E-state index in [1.807, 2.05) is 0 Å². The Morgan fingerprint density at radius 1 is 1.03 bits per heavy atom. The van der Waals surface area contributed by atoms with Gasteiger partial charge in [0, 0.05) is 6.07 Å². The Kier molecular flexibility index (Phi) is 9.80. The van der Waals surface area contributed by atoms with Crippen LogP contribution >= 0.6 is 0 Å². The lowest BCUT2D eigenvalue weighted by Crippen LogP contribution is -2.21. The second kappa shape index (κ2) is 12.3. The molecule has 0 bridgehead atoms. The molecule has 7 heteroatoms. The molecule has 29 heavy (non-hydrogen) atoms. The second-order valence-corrected chi connectivity index (χ2v) is 7.20. The molecule has 0 amide bonds. The maximum Gasteiger partial charge on any atom is 0.383 e. The van der Waals surface area contributed by atoms with E-state index in [1.54, 1.807) is 12.1 Å². The van der Waals surface area contributed by atoms with Gasteiger partial charge in [-0.3, -0.25) is 0 Å². The van der Waals surface area contributed by atoms with Crippen molar-refractivity contribution in [3.8, 4) is 17.2 Å². The van der Waals surface area contributed by atoms with Crippen molar-refractivity contribution in [2.45, 2.75) is 64.4 Å². The highest BCUT2D eigenvalue weighted by Gasteiger charge is 2.16. The zero-order chi connectivity index (χ0) is 21.1. The first-order valence-electron chi connectivity index (χ1n) is 10.4. The molecule has 0 aliphatic heterocycles. The SMILES string of the molecule is CCCCCCCCCCOc1c(O)c2ccc(OCC(O)CO)cc2oc1=O. The summed E-state index contributed by atoms with van der Waals surface area (Å²) in [5.74, 6) is -0.0808. The number of fused-ring (bicyclic) bond motifs is 1. The van der Waals surface area contributed by atoms with Gasteiger partial charge in [-0.05, 0) is 18.6 Å². The van der Waals surface area contributed by atoms with Crippen LogP contribution in [0.1, 0.15) is 58.3 Å². The number of aliphatic hydroxyl groups is 2. The third-order valence-electron chi connectivity index (χ3n) is 4.71. The highest BCUT2D eigenvalue weighted by Crippen LogP contribution is 2.33. The maximum atomic E-state index is 12.2. The standard InChI is InChI=1S/C22H32O7/c1-2-3-4-5-6-7-8-9-12-27-21-20(25)18-11-10-17(28-15-16(24)14-23)13-19(18)29-22(21)26/h10-11,13,16,23-25H,2-9,12,14-15H2,1H3. The number of ether oxygens (including phenoxy) is 2. The van der Waals surface area contributed by atoms with Crippen molar-refractivity contribution in [2.24, 2.45) is 0 Å². The number of benzene rings is 1. The molecule has 0 radical (unpaired) electrons. The monoisotopic (exact) mass is 408 g/mol. The van der Waals surface area contributed by atoms with Gasteiger partial charge in [-0.25, -0.2) is 4.79 Å². The normalized spacial score (nSPS) is 12.2. The van der Waals surface area contributed by atoms with Crippen molar-refractivity contribution in [3.63, 3.8) is 0 Å². The van der Waals surface area contributed by atoms with E-state index in [4.69, 9.17) is 19.0 Å². The summed E-state index contributed by atoms with van der Waals surface area (Å²) in [7, 11) is 0. The van der Waals surface area contributed by atoms with Crippen molar-refractivity contribution in [1.29, 1.82) is 0 Å². The summed E-state index contributed by atoms with van der Waals surface area (Å²) in [6, 6.07) is 4.58. The summed E-state index contributed by atoms with van der Waals surface area (Å²) in [5, 5.41) is 28.9. The summed E-state index contributed by atoms with van der Waals surface area (Å²) >= 11 is 0. The molecule has 1 aromatic heterocycles. The van der Waals surface area contributed by atoms with E-state index < -0.39 is 18.3 Å². The van der Waals surface area contributed by atoms with Gasteiger partial charge >= 0.3 is 5.63 Å². The Labute approximate surface area is 170 Å². The van der Waals surface area contributed by atoms with E-state index in [9.17, 15) is 15.0 Å². The van der Waals surface area contributed by atoms with Crippen molar-refractivity contribution in [2.75, 3.05) is 19.8 Å². The molecule has 0 saturated carbocycles. The van der Waals surface area contributed by atoms with Gasteiger partial charge in [0.15, 0.2) is 5.75 Å². The number of aromatic hydroxyl groups is 1. The molecule has 162 valence electrons. The third kappa shape index (κ3) is 7.25. The number of rotatable bonds is 14. The number of hydrogen-bond acceptors (Lipinski definition) is 7. The van der Waals surface area contributed by atoms with E-state index >= 15 is 0 Å². The Hall–Kier alpha value is -2.25. The molecular formula is C22H32O7. The molecule has 0 fully saturated rings. The first-order valence-corrected chi connectivity index (χ1v) is 10.4. The van der Waals surface area contributed by atoms with E-state index in [0.717, 1.165) is 19.3 Å². The van der Waals surface area contributed by atoms with Crippen LogP contribution in [0.4, 0.5) is 0 Å². The fraction of sp³-hybridized carbons (Fsp3) is 0.591. The van der Waals surface area contributed by atoms with Gasteiger partial charge in [-0.15, -0.1) is 0 Å². The van der Waals surface area contributed by atoms with Gasteiger partial charge in [-0.2, -0.15) is 0 Å². The fourth-order valence-corrected chi connectivity index (χ4v) is 3.02. The predicted octanol–water partition coefficient (Wildman–Crippen LogP) is 3.75. The van der Waals surface area contributed by atoms with Gasteiger partial charge in [0.05, 0.1) is 18.6 Å². The van der Waals surface area contributed by atoms with Gasteiger partial charge in [-0.1, -0.05) is 51.9 Å². The maximum absolute atomic E-state index is 12.2. The molecule has 0 aliphatic rings. The molecule has 1 aromatic carbocycles. The Bertz CT molecular complexity index is 800. The van der Waals surface area contributed by atoms with Crippen LogP contribution in [0.3, 0.4) is 0 Å². The molecule has 0 aliphatic carbocycles. The smallest absolute Gasteiger partial charge is 0.383 e. The molecule has 1 heterocycles. The predicted molar refractivity (Wildman–Crippen MR) is 111 cm³/mol. The molecule has 0 spiro atoms. The van der Waals surface area contributed by atoms with E-state index in [2.05, 4.69) is 6.92 Å². The number of hydrogen-bond donors (Lipinski definition) is 3. The van der Waals surface area contributed by atoms with E-state index in [1.165, 1.54) is 38.2 Å². The van der Waals surface area contributed by atoms with E-state index in [0.29, 0.717) is 17.7 Å². The van der Waals surface area contributed by atoms with Crippen LogP contribution in [0.5, 0.6) is 17.2 Å². The average molecular weight is 408 g/mol. The first-order chi connectivity index (χ1) is 14.1. The Morgan fingerprint density at radius 3 is 2.41 bits per heavy atom. The van der Waals surface area contributed by atoms with Crippen LogP contribution in [0, 0.1) is 0 Å². The molecular weight excluding hydrogens is 376 g/mol. The minimum atomic E-state index is -1.00. The first kappa shape index (κ1) is 23.0. The summed E-state index contributed by atoms with van der Waals surface area (Å²) in [4.78, 5) is 12.2. The average Bonchev–Trinajstić information content (AvgIpc) is 2.72. The molecule has 1 atom stereocenters. The lowest BCUT2D eigenvalue weighted by molar-refractivity contribution is 0.0536. The summed E-state index contributed by atoms with van der Waals surface area (Å²) in [6.45, 7) is 2.04. The van der Waals surface area contributed by atoms with Crippen LogP contribution in [0.2, 0.25) is 0 Å². The van der Waals surface area contributed by atoms with Crippen molar-refractivity contribution < 1.29 is 29.2 Å². The van der Waals surface area contributed by atoms with E-state index in [-0.39, 0.29) is 23.7 Å². The molecule has 7 nitrogen and oxygen atoms in total. The molecule has 2 aromatic rings. The Balaban J connectivity index is 1.89. The van der Waals surface area contributed by atoms with Crippen LogP contribution in [0.25, 0.3) is 11.0 Å². The molecule has 3 N–H and O–H groups in total. The second-order valence-electron chi connectivity index (χ2n) is 7.20. The van der Waals surface area contributed by atoms with Crippen LogP contribution in [-0.4, -0.2) is 41.2 Å². The lowest BCUT2D eigenvalue weighted by atomic mass is 10.1. The third-order valence-corrected chi connectivity index (χ3v) is 4.71. The largest absolute Gasteiger partial charge is 0.504 e. The summed E-state index contributed by atoms with van der Waals surface area (Å²) in [6.07, 6.45) is 8.25. The van der Waals surface area contributed by atoms with Gasteiger partial charge in [0.1, 0.15) is 24.0 Å². The lowest BCUT2D eigenvalue weighted by Gasteiger charge is -2.11. The minimum absolute atomic E-state index is 0.0992. The fourth-order valence-electron chi connectivity index (χ4n) is 3.02. The van der Waals surface area contributed by atoms with Crippen LogP contribution in [0.15, 0.2) is 27.4 Å². The van der Waals surface area contributed by atoms with Crippen LogP contribution in [-0.2, 0) is 0 Å². The zero-order valence-corrected chi connectivity index (χ0v) is 17.1. The van der Waals surface area contributed by atoms with Gasteiger partial charge < -0.3 is 29.2 Å². The van der Waals surface area contributed by atoms with Crippen molar-refractivity contribution >= 4 is 11.0 Å². The number of aliphatic hydroxyl groups excluding tert-OH is 2. The van der Waals surface area contributed by atoms with Gasteiger partial charge in [0.2, 0.25) is 5.75 Å². The molecule has 1 unspecified atom stereocenters. The van der Waals surface area contributed by atoms with Gasteiger partial charge in [0.25, 0.3) is 0 Å². The Morgan fingerprint density at radius 2 is 1.72 bits per heavy atom. The molecule has 2 rings (SSSR count). The quantitative estimate of drug-likeness (QED) is 0.323.